The normalized spacial score (nSPS) is 16.1. The average Bonchev–Trinajstić information content (AvgIpc) is 3.31. The van der Waals surface area contributed by atoms with Crippen molar-refractivity contribution in [3.05, 3.63) is 47.8 Å². The summed E-state index contributed by atoms with van der Waals surface area (Å²) in [6, 6.07) is 9.81. The molecule has 2 aromatic heterocycles. The van der Waals surface area contributed by atoms with Crippen LogP contribution in [0, 0.1) is 0 Å². The first kappa shape index (κ1) is 17.4. The molecule has 0 saturated heterocycles. The van der Waals surface area contributed by atoms with E-state index in [1.807, 2.05) is 48.3 Å². The molecule has 3 aromatic rings. The van der Waals surface area contributed by atoms with Gasteiger partial charge in [0, 0.05) is 30.3 Å². The van der Waals surface area contributed by atoms with Crippen molar-refractivity contribution in [2.45, 2.75) is 44.7 Å². The van der Waals surface area contributed by atoms with Gasteiger partial charge in [0.05, 0.1) is 18.8 Å². The topological polar surface area (TPSA) is 90.5 Å². The number of carbonyl (C=O) groups excluding carboxylic acids is 1. The van der Waals surface area contributed by atoms with E-state index in [4.69, 9.17) is 0 Å². The van der Waals surface area contributed by atoms with Crippen molar-refractivity contribution in [3.63, 3.8) is 0 Å². The number of tetrazole rings is 1. The number of fused-ring (bicyclic) bond motifs is 1. The molecule has 0 spiro atoms. The minimum absolute atomic E-state index is 0.0556. The summed E-state index contributed by atoms with van der Waals surface area (Å²) in [5.41, 5.74) is 3.32. The van der Waals surface area contributed by atoms with Crippen LogP contribution in [-0.2, 0) is 24.8 Å². The summed E-state index contributed by atoms with van der Waals surface area (Å²) in [4.78, 5) is 13.9. The summed E-state index contributed by atoms with van der Waals surface area (Å²) in [5, 5.41) is 20.0. The van der Waals surface area contributed by atoms with Gasteiger partial charge in [-0.25, -0.2) is 0 Å². The van der Waals surface area contributed by atoms with Crippen molar-refractivity contribution in [1.82, 2.24) is 35.3 Å². The highest BCUT2D eigenvalue weighted by molar-refractivity contribution is 5.76. The molecule has 1 atom stereocenters. The zero-order chi connectivity index (χ0) is 18.6. The zero-order valence-corrected chi connectivity index (χ0v) is 15.4. The Balaban J connectivity index is 1.28. The van der Waals surface area contributed by atoms with Crippen molar-refractivity contribution in [3.8, 4) is 11.4 Å². The predicted octanol–water partition coefficient (Wildman–Crippen LogP) is 2.05. The second-order valence-corrected chi connectivity index (χ2v) is 6.86. The molecule has 4 rings (SSSR count). The quantitative estimate of drug-likeness (QED) is 0.722. The highest BCUT2D eigenvalue weighted by Gasteiger charge is 2.24. The molecule has 1 unspecified atom stereocenters. The number of aryl methyl sites for hydroxylation is 2. The van der Waals surface area contributed by atoms with Crippen LogP contribution in [0.2, 0.25) is 0 Å². The smallest absolute Gasteiger partial charge is 0.220 e. The number of nitrogens with one attached hydrogen (secondary N) is 1. The Labute approximate surface area is 157 Å². The summed E-state index contributed by atoms with van der Waals surface area (Å²) < 4.78 is 1.91. The number of amides is 1. The molecule has 1 aliphatic rings. The largest absolute Gasteiger partial charge is 0.349 e. The van der Waals surface area contributed by atoms with Gasteiger partial charge in [-0.15, -0.1) is 10.2 Å². The van der Waals surface area contributed by atoms with Gasteiger partial charge in [0.15, 0.2) is 0 Å². The summed E-state index contributed by atoms with van der Waals surface area (Å²) in [6.07, 6.45) is 6.05. The number of carbonyl (C=O) groups is 1. The van der Waals surface area contributed by atoms with Gasteiger partial charge in [-0.1, -0.05) is 30.3 Å². The van der Waals surface area contributed by atoms with Gasteiger partial charge in [0.1, 0.15) is 0 Å². The Hall–Kier alpha value is -3.03. The Kier molecular flexibility index (Phi) is 4.95. The lowest BCUT2D eigenvalue weighted by Crippen LogP contribution is -2.31. The maximum atomic E-state index is 12.3. The van der Waals surface area contributed by atoms with Crippen LogP contribution in [0.4, 0.5) is 0 Å². The number of hydrogen-bond donors (Lipinski definition) is 1. The van der Waals surface area contributed by atoms with E-state index in [1.54, 1.807) is 4.80 Å². The Bertz CT molecular complexity index is 915. The van der Waals surface area contributed by atoms with Crippen LogP contribution in [-0.4, -0.2) is 35.9 Å². The molecular weight excluding hydrogens is 342 g/mol. The first-order valence-electron chi connectivity index (χ1n) is 9.34. The Morgan fingerprint density at radius 3 is 3.00 bits per heavy atom. The van der Waals surface area contributed by atoms with Gasteiger partial charge in [-0.2, -0.15) is 9.90 Å². The van der Waals surface area contributed by atoms with E-state index >= 15 is 0 Å². The maximum Gasteiger partial charge on any atom is 0.220 e. The van der Waals surface area contributed by atoms with Crippen molar-refractivity contribution >= 4 is 5.91 Å². The minimum Gasteiger partial charge on any atom is -0.349 e. The Morgan fingerprint density at radius 1 is 1.30 bits per heavy atom. The molecule has 140 valence electrons. The molecular formula is C19H23N7O. The number of rotatable bonds is 6. The highest BCUT2D eigenvalue weighted by Crippen LogP contribution is 2.29. The number of benzene rings is 1. The van der Waals surface area contributed by atoms with Gasteiger partial charge >= 0.3 is 0 Å². The number of hydrogen-bond acceptors (Lipinski definition) is 5. The van der Waals surface area contributed by atoms with Gasteiger partial charge in [0.2, 0.25) is 11.7 Å². The molecule has 2 heterocycles. The van der Waals surface area contributed by atoms with E-state index in [-0.39, 0.29) is 11.9 Å². The predicted molar refractivity (Wildman–Crippen MR) is 99.5 cm³/mol. The third kappa shape index (κ3) is 3.89. The number of aromatic nitrogens is 6. The molecule has 0 fully saturated rings. The first-order chi connectivity index (χ1) is 13.2. The van der Waals surface area contributed by atoms with Crippen LogP contribution in [0.1, 0.15) is 43.0 Å². The van der Waals surface area contributed by atoms with Crippen LogP contribution in [0.15, 0.2) is 36.5 Å². The van der Waals surface area contributed by atoms with Crippen LogP contribution in [0.3, 0.4) is 0 Å². The van der Waals surface area contributed by atoms with E-state index in [0.717, 1.165) is 30.4 Å². The van der Waals surface area contributed by atoms with Gasteiger partial charge in [-0.05, 0) is 30.9 Å². The maximum absolute atomic E-state index is 12.3. The molecule has 1 N–H and O–H groups in total. The third-order valence-electron chi connectivity index (χ3n) is 4.96. The molecule has 0 bridgehead atoms. The van der Waals surface area contributed by atoms with E-state index in [0.29, 0.717) is 25.2 Å². The third-order valence-corrected chi connectivity index (χ3v) is 4.96. The van der Waals surface area contributed by atoms with E-state index in [1.165, 1.54) is 5.69 Å². The van der Waals surface area contributed by atoms with E-state index in [2.05, 4.69) is 25.8 Å². The second kappa shape index (κ2) is 7.69. The van der Waals surface area contributed by atoms with Crippen LogP contribution in [0.25, 0.3) is 11.4 Å². The van der Waals surface area contributed by atoms with Gasteiger partial charge in [0.25, 0.3) is 0 Å². The molecule has 8 nitrogen and oxygen atoms in total. The number of nitrogens with zero attached hydrogens (tertiary/aromatic N) is 6. The molecule has 1 aliphatic carbocycles. The van der Waals surface area contributed by atoms with Gasteiger partial charge in [-0.3, -0.25) is 9.48 Å². The molecule has 8 heteroatoms. The minimum atomic E-state index is 0.0556. The van der Waals surface area contributed by atoms with Gasteiger partial charge < -0.3 is 5.32 Å². The monoisotopic (exact) mass is 365 g/mol. The lowest BCUT2D eigenvalue weighted by Gasteiger charge is -2.23. The summed E-state index contributed by atoms with van der Waals surface area (Å²) in [7, 11) is 1.96. The lowest BCUT2D eigenvalue weighted by atomic mass is 9.93. The fourth-order valence-electron chi connectivity index (χ4n) is 3.54. The van der Waals surface area contributed by atoms with Crippen LogP contribution < -0.4 is 5.32 Å². The first-order valence-corrected chi connectivity index (χ1v) is 9.34. The zero-order valence-electron chi connectivity index (χ0n) is 15.4. The average molecular weight is 365 g/mol. The Morgan fingerprint density at radius 2 is 2.15 bits per heavy atom. The fourth-order valence-corrected chi connectivity index (χ4v) is 3.54. The molecule has 0 radical (unpaired) electrons. The highest BCUT2D eigenvalue weighted by atomic mass is 16.1. The second-order valence-electron chi connectivity index (χ2n) is 6.86. The molecule has 1 amide bonds. The van der Waals surface area contributed by atoms with Crippen molar-refractivity contribution in [2.24, 2.45) is 7.05 Å². The van der Waals surface area contributed by atoms with Crippen LogP contribution >= 0.6 is 0 Å². The fraction of sp³-hybridized carbons (Fsp3) is 0.421. The molecule has 0 saturated carbocycles. The van der Waals surface area contributed by atoms with Crippen molar-refractivity contribution in [1.29, 1.82) is 0 Å². The van der Waals surface area contributed by atoms with Crippen molar-refractivity contribution < 1.29 is 4.79 Å². The van der Waals surface area contributed by atoms with E-state index in [9.17, 15) is 4.79 Å². The summed E-state index contributed by atoms with van der Waals surface area (Å²) in [5.74, 6) is 0.659. The lowest BCUT2D eigenvalue weighted by molar-refractivity contribution is -0.122. The standard InChI is InChI=1S/C19H23N7O/c1-25-17-10-5-9-16(15(17)13-20-25)21-18(27)11-6-12-26-23-19(22-24-26)14-7-3-2-4-8-14/h2-4,7-8,13,16H,5-6,9-12H2,1H3,(H,21,27). The van der Waals surface area contributed by atoms with Crippen LogP contribution in [0.5, 0.6) is 0 Å². The SMILES string of the molecule is Cn1ncc2c1CCCC2NC(=O)CCCn1nnc(-c2ccccc2)n1. The molecule has 1 aromatic carbocycles. The summed E-state index contributed by atoms with van der Waals surface area (Å²) >= 11 is 0. The molecule has 27 heavy (non-hydrogen) atoms. The van der Waals surface area contributed by atoms with Crippen molar-refractivity contribution in [2.75, 3.05) is 0 Å². The van der Waals surface area contributed by atoms with E-state index < -0.39 is 0 Å². The summed E-state index contributed by atoms with van der Waals surface area (Å²) in [6.45, 7) is 0.566. The molecule has 0 aliphatic heterocycles.